The molecule has 1 fully saturated rings. The maximum atomic E-state index is 12.4. The van der Waals surface area contributed by atoms with E-state index in [1.165, 1.54) is 24.3 Å². The first-order chi connectivity index (χ1) is 20.5. The Balaban J connectivity index is 1.74. The first kappa shape index (κ1) is 33.3. The van der Waals surface area contributed by atoms with E-state index in [0.717, 1.165) is 0 Å². The maximum Gasteiger partial charge on any atom is 0.364 e. The van der Waals surface area contributed by atoms with Crippen molar-refractivity contribution in [3.05, 3.63) is 59.7 Å². The number of hydrogen-bond acceptors (Lipinski definition) is 11. The zero-order valence-corrected chi connectivity index (χ0v) is 23.0. The number of amides is 2. The molecule has 14 heteroatoms. The molecule has 2 aromatic carbocycles. The summed E-state index contributed by atoms with van der Waals surface area (Å²) in [5, 5.41) is 65.9. The van der Waals surface area contributed by atoms with E-state index in [1.54, 1.807) is 24.3 Å². The van der Waals surface area contributed by atoms with Crippen molar-refractivity contribution in [2.75, 3.05) is 19.8 Å². The van der Waals surface area contributed by atoms with Crippen molar-refractivity contribution < 1.29 is 59.2 Å². The van der Waals surface area contributed by atoms with Crippen LogP contribution in [0.2, 0.25) is 0 Å². The van der Waals surface area contributed by atoms with E-state index in [1.807, 2.05) is 0 Å². The van der Waals surface area contributed by atoms with Gasteiger partial charge in [-0.2, -0.15) is 0 Å². The van der Waals surface area contributed by atoms with Gasteiger partial charge >= 0.3 is 5.97 Å². The van der Waals surface area contributed by atoms with Gasteiger partial charge in [0, 0.05) is 13.0 Å². The Hall–Kier alpha value is -4.23. The van der Waals surface area contributed by atoms with Crippen molar-refractivity contribution in [1.29, 1.82) is 0 Å². The Kier molecular flexibility index (Phi) is 11.8. The van der Waals surface area contributed by atoms with Crippen LogP contribution in [0.1, 0.15) is 17.5 Å². The number of aromatic hydroxyl groups is 1. The molecule has 0 saturated carbocycles. The number of benzene rings is 2. The lowest BCUT2D eigenvalue weighted by Gasteiger charge is -2.46. The molecule has 0 aliphatic carbocycles. The van der Waals surface area contributed by atoms with Gasteiger partial charge < -0.3 is 55.5 Å². The molecule has 1 aliphatic heterocycles. The highest BCUT2D eigenvalue weighted by molar-refractivity contribution is 5.79. The fraction of sp³-hybridized carbons (Fsp3) is 0.414. The molecule has 1 aliphatic rings. The number of rotatable bonds is 14. The number of hydrogen-bond donors (Lipinski definition) is 8. The molecule has 2 amide bonds. The summed E-state index contributed by atoms with van der Waals surface area (Å²) in [6.07, 6.45) is -2.77. The largest absolute Gasteiger partial charge is 0.508 e. The van der Waals surface area contributed by atoms with Crippen LogP contribution in [0, 0.1) is 12.3 Å². The molecule has 14 nitrogen and oxygen atoms in total. The summed E-state index contributed by atoms with van der Waals surface area (Å²) in [7, 11) is 0. The van der Waals surface area contributed by atoms with Crippen molar-refractivity contribution in [2.24, 2.45) is 0 Å². The van der Waals surface area contributed by atoms with E-state index in [0.29, 0.717) is 16.9 Å². The summed E-state index contributed by atoms with van der Waals surface area (Å²) >= 11 is 0. The molecule has 0 aromatic heterocycles. The predicted octanol–water partition coefficient (Wildman–Crippen LogP) is -1.59. The molecule has 0 bridgehead atoms. The van der Waals surface area contributed by atoms with E-state index in [4.69, 9.17) is 20.6 Å². The quantitative estimate of drug-likeness (QED) is 0.115. The van der Waals surface area contributed by atoms with Crippen molar-refractivity contribution in [1.82, 2.24) is 10.6 Å². The number of carboxylic acid groups (broad SMARTS) is 1. The predicted molar refractivity (Wildman–Crippen MR) is 147 cm³/mol. The lowest BCUT2D eigenvalue weighted by Crippen LogP contribution is -2.68. The number of carboxylic acids is 1. The number of carbonyl (C=O) groups is 3. The second kappa shape index (κ2) is 15.3. The van der Waals surface area contributed by atoms with Crippen LogP contribution in [0.15, 0.2) is 48.5 Å². The van der Waals surface area contributed by atoms with Gasteiger partial charge in [-0.25, -0.2) is 4.79 Å². The Morgan fingerprint density at radius 1 is 1.07 bits per heavy atom. The second-order valence-corrected chi connectivity index (χ2v) is 9.79. The lowest BCUT2D eigenvalue weighted by atomic mass is 9.88. The molecule has 0 unspecified atom stereocenters. The Morgan fingerprint density at radius 2 is 1.72 bits per heavy atom. The van der Waals surface area contributed by atoms with Gasteiger partial charge in [-0.3, -0.25) is 9.59 Å². The van der Waals surface area contributed by atoms with Gasteiger partial charge in [-0.15, -0.1) is 6.42 Å². The van der Waals surface area contributed by atoms with Gasteiger partial charge in [-0.1, -0.05) is 30.2 Å². The Labute approximate surface area is 246 Å². The second-order valence-electron chi connectivity index (χ2n) is 9.79. The number of aliphatic carboxylic acids is 1. The highest BCUT2D eigenvalue weighted by Crippen LogP contribution is 2.34. The Bertz CT molecular complexity index is 1280. The lowest BCUT2D eigenvalue weighted by molar-refractivity contribution is -0.314. The molecule has 3 rings (SSSR count). The number of phenols is 1. The standard InChI is InChI=1S/C29H34N2O12/c1-2-11-41-20-9-5-18(6-10-20)16-42-29(28(39)40)13-21(34)25(31-24(37)15-32)27(43-29)26(38)22(35)14-30-23(36)12-17-3-7-19(33)8-4-17/h1,3-10,21-22,25-27,32-35,38H,11-16H2,(H,30,36)(H,31,37)(H,39,40)/t21-,22+,25+,26+,27+,29+/m0/s1. The molecule has 232 valence electrons. The molecular weight excluding hydrogens is 568 g/mol. The summed E-state index contributed by atoms with van der Waals surface area (Å²) < 4.78 is 16.6. The zero-order valence-electron chi connectivity index (χ0n) is 23.0. The van der Waals surface area contributed by atoms with E-state index in [2.05, 4.69) is 16.6 Å². The van der Waals surface area contributed by atoms with E-state index < -0.39 is 73.6 Å². The normalized spacial score (nSPS) is 22.9. The topological polar surface area (TPSA) is 224 Å². The number of phenolic OH excluding ortho intramolecular Hbond substituents is 1. The third-order valence-electron chi connectivity index (χ3n) is 6.63. The van der Waals surface area contributed by atoms with Crippen LogP contribution >= 0.6 is 0 Å². The average Bonchev–Trinajstić information content (AvgIpc) is 2.99. The van der Waals surface area contributed by atoms with Gasteiger partial charge in [0.2, 0.25) is 11.8 Å². The number of aliphatic hydroxyl groups excluding tert-OH is 4. The van der Waals surface area contributed by atoms with Gasteiger partial charge in [0.1, 0.15) is 36.9 Å². The molecular formula is C29H34N2O12. The molecule has 8 N–H and O–H groups in total. The van der Waals surface area contributed by atoms with E-state index in [-0.39, 0.29) is 25.4 Å². The molecule has 1 saturated heterocycles. The minimum absolute atomic E-state index is 0.0187. The van der Waals surface area contributed by atoms with Crippen molar-refractivity contribution >= 4 is 17.8 Å². The van der Waals surface area contributed by atoms with Crippen LogP contribution < -0.4 is 15.4 Å². The third-order valence-corrected chi connectivity index (χ3v) is 6.63. The van der Waals surface area contributed by atoms with Crippen molar-refractivity contribution in [3.8, 4) is 23.8 Å². The van der Waals surface area contributed by atoms with E-state index in [9.17, 15) is 45.0 Å². The monoisotopic (exact) mass is 602 g/mol. The summed E-state index contributed by atoms with van der Waals surface area (Å²) in [6.45, 7) is -1.76. The summed E-state index contributed by atoms with van der Waals surface area (Å²) in [5.41, 5.74) is 1.06. The van der Waals surface area contributed by atoms with E-state index >= 15 is 0 Å². The van der Waals surface area contributed by atoms with Crippen LogP contribution in [0.4, 0.5) is 0 Å². The van der Waals surface area contributed by atoms with Crippen LogP contribution in [0.3, 0.4) is 0 Å². The molecule has 6 atom stereocenters. The number of carbonyl (C=O) groups excluding carboxylic acids is 2. The first-order valence-electron chi connectivity index (χ1n) is 13.2. The summed E-state index contributed by atoms with van der Waals surface area (Å²) in [5.74, 6) is -2.86. The number of ether oxygens (including phenoxy) is 3. The fourth-order valence-corrected chi connectivity index (χ4v) is 4.37. The highest BCUT2D eigenvalue weighted by Gasteiger charge is 2.55. The zero-order chi connectivity index (χ0) is 31.6. The first-order valence-corrected chi connectivity index (χ1v) is 13.2. The van der Waals surface area contributed by atoms with Gasteiger partial charge in [0.05, 0.1) is 31.3 Å². The molecule has 1 heterocycles. The van der Waals surface area contributed by atoms with Crippen LogP contribution in [-0.2, 0) is 36.9 Å². The van der Waals surface area contributed by atoms with Crippen LogP contribution in [0.25, 0.3) is 0 Å². The molecule has 0 radical (unpaired) electrons. The summed E-state index contributed by atoms with van der Waals surface area (Å²) in [6, 6.07) is 10.7. The molecule has 2 aromatic rings. The van der Waals surface area contributed by atoms with Gasteiger partial charge in [-0.05, 0) is 35.4 Å². The fourth-order valence-electron chi connectivity index (χ4n) is 4.37. The maximum absolute atomic E-state index is 12.4. The average molecular weight is 603 g/mol. The van der Waals surface area contributed by atoms with Crippen LogP contribution in [0.5, 0.6) is 11.5 Å². The highest BCUT2D eigenvalue weighted by atomic mass is 16.7. The van der Waals surface area contributed by atoms with Crippen molar-refractivity contribution in [3.63, 3.8) is 0 Å². The number of terminal acetylenes is 1. The summed E-state index contributed by atoms with van der Waals surface area (Å²) in [4.78, 5) is 36.7. The number of aliphatic hydroxyl groups is 4. The molecule has 0 spiro atoms. The van der Waals surface area contributed by atoms with Crippen LogP contribution in [-0.4, -0.2) is 104 Å². The molecule has 43 heavy (non-hydrogen) atoms. The smallest absolute Gasteiger partial charge is 0.364 e. The Morgan fingerprint density at radius 3 is 2.33 bits per heavy atom. The minimum Gasteiger partial charge on any atom is -0.508 e. The minimum atomic E-state index is -2.52. The third kappa shape index (κ3) is 9.13. The van der Waals surface area contributed by atoms with Gasteiger partial charge in [0.15, 0.2) is 0 Å². The van der Waals surface area contributed by atoms with Gasteiger partial charge in [0.25, 0.3) is 5.79 Å². The number of nitrogens with one attached hydrogen (secondary N) is 2. The van der Waals surface area contributed by atoms with Crippen molar-refractivity contribution in [2.45, 2.75) is 55.7 Å². The SMILES string of the molecule is C#CCOc1ccc(CO[C@]2(C(=O)O)C[C@H](O)[C@@H](NC(=O)CO)[C@H]([C@H](O)[C@H](O)CNC(=O)Cc3ccc(O)cc3)O2)cc1.